The average molecular weight is 326 g/mol. The Bertz CT molecular complexity index is 714. The fourth-order valence-electron chi connectivity index (χ4n) is 2.31. The van der Waals surface area contributed by atoms with Crippen LogP contribution in [0.25, 0.3) is 0 Å². The largest absolute Gasteiger partial charge is 0.451 e. The normalized spacial score (nSPS) is 13.7. The van der Waals surface area contributed by atoms with E-state index in [4.69, 9.17) is 10.00 Å². The maximum absolute atomic E-state index is 12.2. The summed E-state index contributed by atoms with van der Waals surface area (Å²) < 4.78 is 5.44. The summed E-state index contributed by atoms with van der Waals surface area (Å²) >= 11 is 0. The van der Waals surface area contributed by atoms with Crippen molar-refractivity contribution >= 4 is 17.6 Å². The highest BCUT2D eigenvalue weighted by Gasteiger charge is 2.32. The smallest absolute Gasteiger partial charge is 0.296 e. The first kappa shape index (κ1) is 17.4. The number of unbranched alkanes of at least 4 members (excludes halogenated alkanes) is 2. The van der Waals surface area contributed by atoms with Crippen LogP contribution in [0.4, 0.5) is 0 Å². The zero-order valence-electron chi connectivity index (χ0n) is 13.4. The Labute approximate surface area is 140 Å². The van der Waals surface area contributed by atoms with Gasteiger partial charge in [0.25, 0.3) is 11.8 Å². The van der Waals surface area contributed by atoms with Gasteiger partial charge in [0.15, 0.2) is 5.76 Å². The summed E-state index contributed by atoms with van der Waals surface area (Å²) in [6.07, 6.45) is 3.89. The number of nitrogens with zero attached hydrogens (tertiary/aromatic N) is 2. The summed E-state index contributed by atoms with van der Waals surface area (Å²) in [4.78, 5) is 36.1. The first-order valence-corrected chi connectivity index (χ1v) is 7.76. The van der Waals surface area contributed by atoms with E-state index in [1.54, 1.807) is 31.2 Å². The van der Waals surface area contributed by atoms with Crippen LogP contribution in [0.2, 0.25) is 0 Å². The lowest BCUT2D eigenvalue weighted by Gasteiger charge is -2.14. The number of amides is 2. The van der Waals surface area contributed by atoms with Crippen LogP contribution in [0.3, 0.4) is 0 Å². The number of rotatable bonds is 8. The SMILES string of the molecule is CC(=O)CCCCCN1C(=O)C=C(Oc2ccc(C#N)cc2)C1=O. The summed E-state index contributed by atoms with van der Waals surface area (Å²) in [5.41, 5.74) is 0.484. The zero-order valence-corrected chi connectivity index (χ0v) is 13.4. The van der Waals surface area contributed by atoms with E-state index in [2.05, 4.69) is 0 Å². The molecule has 0 saturated heterocycles. The van der Waals surface area contributed by atoms with E-state index >= 15 is 0 Å². The van der Waals surface area contributed by atoms with Gasteiger partial charge in [0.2, 0.25) is 0 Å². The molecule has 1 aromatic carbocycles. The number of carbonyl (C=O) groups is 3. The molecule has 0 unspecified atom stereocenters. The molecule has 6 heteroatoms. The molecule has 0 aromatic heterocycles. The van der Waals surface area contributed by atoms with Crippen LogP contribution in [0.1, 0.15) is 38.2 Å². The van der Waals surface area contributed by atoms with Crippen LogP contribution in [-0.4, -0.2) is 29.0 Å². The van der Waals surface area contributed by atoms with Crippen LogP contribution in [-0.2, 0) is 14.4 Å². The molecule has 0 aliphatic carbocycles. The number of ether oxygens (including phenoxy) is 1. The van der Waals surface area contributed by atoms with Gasteiger partial charge >= 0.3 is 0 Å². The van der Waals surface area contributed by atoms with Crippen molar-refractivity contribution in [2.45, 2.75) is 32.6 Å². The lowest BCUT2D eigenvalue weighted by atomic mass is 10.1. The second-order valence-corrected chi connectivity index (χ2v) is 5.55. The number of benzene rings is 1. The van der Waals surface area contributed by atoms with Crippen molar-refractivity contribution < 1.29 is 19.1 Å². The maximum Gasteiger partial charge on any atom is 0.296 e. The van der Waals surface area contributed by atoms with E-state index < -0.39 is 11.8 Å². The highest BCUT2D eigenvalue weighted by Crippen LogP contribution is 2.20. The third-order valence-electron chi connectivity index (χ3n) is 3.60. The summed E-state index contributed by atoms with van der Waals surface area (Å²) in [5, 5.41) is 8.75. The fourth-order valence-corrected chi connectivity index (χ4v) is 2.31. The maximum atomic E-state index is 12.2. The van der Waals surface area contributed by atoms with Crippen LogP contribution in [0.5, 0.6) is 5.75 Å². The van der Waals surface area contributed by atoms with Crippen LogP contribution in [0, 0.1) is 11.3 Å². The Morgan fingerprint density at radius 1 is 1.17 bits per heavy atom. The number of nitriles is 1. The molecule has 2 rings (SSSR count). The van der Waals surface area contributed by atoms with E-state index in [1.165, 1.54) is 6.08 Å². The second kappa shape index (κ2) is 8.06. The van der Waals surface area contributed by atoms with Crippen LogP contribution >= 0.6 is 0 Å². The zero-order chi connectivity index (χ0) is 17.5. The molecule has 0 saturated carbocycles. The molecule has 0 N–H and O–H groups in total. The number of carbonyl (C=O) groups excluding carboxylic acids is 3. The first-order valence-electron chi connectivity index (χ1n) is 7.76. The van der Waals surface area contributed by atoms with Gasteiger partial charge in [0.1, 0.15) is 11.5 Å². The Morgan fingerprint density at radius 2 is 1.88 bits per heavy atom. The van der Waals surface area contributed by atoms with E-state index in [1.807, 2.05) is 6.07 Å². The minimum Gasteiger partial charge on any atom is -0.451 e. The second-order valence-electron chi connectivity index (χ2n) is 5.55. The predicted molar refractivity (Wildman–Crippen MR) is 85.7 cm³/mol. The molecule has 1 aliphatic heterocycles. The van der Waals surface area contributed by atoms with Gasteiger partial charge in [-0.15, -0.1) is 0 Å². The molecule has 1 aliphatic rings. The lowest BCUT2D eigenvalue weighted by Crippen LogP contribution is -2.32. The fraction of sp³-hybridized carbons (Fsp3) is 0.333. The Balaban J connectivity index is 1.86. The van der Waals surface area contributed by atoms with Gasteiger partial charge in [-0.3, -0.25) is 14.5 Å². The molecule has 0 spiro atoms. The van der Waals surface area contributed by atoms with Gasteiger partial charge in [-0.2, -0.15) is 5.26 Å². The van der Waals surface area contributed by atoms with E-state index in [0.29, 0.717) is 30.7 Å². The highest BCUT2D eigenvalue weighted by molar-refractivity contribution is 6.15. The highest BCUT2D eigenvalue weighted by atomic mass is 16.5. The predicted octanol–water partition coefficient (Wildman–Crippen LogP) is 2.34. The topological polar surface area (TPSA) is 87.5 Å². The van der Waals surface area contributed by atoms with Crippen molar-refractivity contribution in [3.8, 4) is 11.8 Å². The summed E-state index contributed by atoms with van der Waals surface area (Å²) in [5.74, 6) is -0.340. The van der Waals surface area contributed by atoms with Gasteiger partial charge < -0.3 is 9.53 Å². The molecule has 0 radical (unpaired) electrons. The quantitative estimate of drug-likeness (QED) is 0.540. The van der Waals surface area contributed by atoms with Gasteiger partial charge in [-0.25, -0.2) is 0 Å². The van der Waals surface area contributed by atoms with Crippen molar-refractivity contribution in [1.82, 2.24) is 4.90 Å². The van der Waals surface area contributed by atoms with Crippen molar-refractivity contribution in [2.75, 3.05) is 6.54 Å². The lowest BCUT2D eigenvalue weighted by molar-refractivity contribution is -0.138. The minimum atomic E-state index is -0.462. The third-order valence-corrected chi connectivity index (χ3v) is 3.60. The summed E-state index contributed by atoms with van der Waals surface area (Å²) in [6, 6.07) is 8.28. The Hall–Kier alpha value is -2.94. The number of imide groups is 1. The number of Topliss-reactive ketones (excluding diaryl/α,β-unsaturated/α-hetero) is 1. The molecule has 0 atom stereocenters. The van der Waals surface area contributed by atoms with Gasteiger partial charge in [-0.1, -0.05) is 6.42 Å². The van der Waals surface area contributed by atoms with Crippen LogP contribution < -0.4 is 4.74 Å². The van der Waals surface area contributed by atoms with Gasteiger partial charge in [0, 0.05) is 13.0 Å². The van der Waals surface area contributed by atoms with Crippen molar-refractivity contribution in [3.05, 3.63) is 41.7 Å². The van der Waals surface area contributed by atoms with E-state index in [0.717, 1.165) is 17.7 Å². The Kier molecular flexibility index (Phi) is 5.85. The standard InChI is InChI=1S/C18H18N2O4/c1-13(21)5-3-2-4-10-20-17(22)11-16(18(20)23)24-15-8-6-14(12-19)7-9-15/h6-9,11H,2-5,10H2,1H3. The molecule has 6 nitrogen and oxygen atoms in total. The molecular weight excluding hydrogens is 308 g/mol. The molecular formula is C18H18N2O4. The van der Waals surface area contributed by atoms with Crippen LogP contribution in [0.15, 0.2) is 36.1 Å². The minimum absolute atomic E-state index is 0.0200. The Morgan fingerprint density at radius 3 is 2.50 bits per heavy atom. The third kappa shape index (κ3) is 4.53. The summed E-state index contributed by atoms with van der Waals surface area (Å²) in [7, 11) is 0. The average Bonchev–Trinajstić information content (AvgIpc) is 2.82. The van der Waals surface area contributed by atoms with Crippen molar-refractivity contribution in [1.29, 1.82) is 5.26 Å². The number of hydrogen-bond donors (Lipinski definition) is 0. The first-order chi connectivity index (χ1) is 11.5. The molecule has 1 heterocycles. The summed E-state index contributed by atoms with van der Waals surface area (Å²) in [6.45, 7) is 1.86. The van der Waals surface area contributed by atoms with Gasteiger partial charge in [-0.05, 0) is 44.0 Å². The van der Waals surface area contributed by atoms with Crippen molar-refractivity contribution in [3.63, 3.8) is 0 Å². The molecule has 24 heavy (non-hydrogen) atoms. The van der Waals surface area contributed by atoms with E-state index in [-0.39, 0.29) is 11.5 Å². The number of hydrogen-bond acceptors (Lipinski definition) is 5. The molecule has 2 amide bonds. The monoisotopic (exact) mass is 326 g/mol. The molecule has 1 aromatic rings. The van der Waals surface area contributed by atoms with Gasteiger partial charge in [0.05, 0.1) is 17.7 Å². The number of ketones is 1. The van der Waals surface area contributed by atoms with E-state index in [9.17, 15) is 14.4 Å². The molecule has 0 bridgehead atoms. The molecule has 124 valence electrons. The van der Waals surface area contributed by atoms with Crippen molar-refractivity contribution in [2.24, 2.45) is 0 Å². The molecule has 0 fully saturated rings.